The van der Waals surface area contributed by atoms with Crippen LogP contribution in [0.25, 0.3) is 21.8 Å². The molecular formula is C34H30F3NO9S. The van der Waals surface area contributed by atoms with Crippen molar-refractivity contribution < 1.29 is 59.2 Å². The topological polar surface area (TPSA) is 132 Å². The molecule has 0 atom stereocenters. The van der Waals surface area contributed by atoms with Crippen molar-refractivity contribution in [1.82, 2.24) is 0 Å². The Hall–Kier alpha value is -5.21. The number of hydrogen-bond donors (Lipinski definition) is 0. The van der Waals surface area contributed by atoms with E-state index in [1.165, 1.54) is 0 Å². The molecule has 4 aromatic carbocycles. The van der Waals surface area contributed by atoms with Crippen LogP contribution in [-0.4, -0.2) is 44.6 Å². The predicted octanol–water partition coefficient (Wildman–Crippen LogP) is 5.78. The summed E-state index contributed by atoms with van der Waals surface area (Å²) in [5.41, 5.74) is -1.61. The number of carbonyl (C=O) groups is 2. The number of nitrogens with zero attached hydrogens (tertiary/aromatic N) is 1. The van der Waals surface area contributed by atoms with Crippen LogP contribution in [0, 0.1) is 0 Å². The molecular weight excluding hydrogens is 655 g/mol. The number of esters is 2. The van der Waals surface area contributed by atoms with Crippen LogP contribution in [0.2, 0.25) is 0 Å². The number of benzene rings is 4. The lowest BCUT2D eigenvalue weighted by atomic mass is 10.0. The first-order valence-electron chi connectivity index (χ1n) is 14.2. The Bertz CT molecular complexity index is 1970. The van der Waals surface area contributed by atoms with Crippen molar-refractivity contribution >= 4 is 43.9 Å². The van der Waals surface area contributed by atoms with Crippen LogP contribution in [0.4, 0.5) is 13.2 Å². The SMILES string of the molecule is COc1ccc2c(c1)c(C(=O)Oc1ccc(CCC(=O)OCc3ccccc3)cc1)c1cc(OC)ccc1[n+]2C.O=S(=O)([O-])C(F)(F)F. The highest BCUT2D eigenvalue weighted by Crippen LogP contribution is 2.31. The second-order valence-electron chi connectivity index (χ2n) is 10.3. The number of hydrogen-bond acceptors (Lipinski definition) is 9. The second kappa shape index (κ2) is 15.1. The van der Waals surface area contributed by atoms with Gasteiger partial charge in [0.25, 0.3) is 0 Å². The van der Waals surface area contributed by atoms with E-state index in [9.17, 15) is 22.8 Å². The van der Waals surface area contributed by atoms with Crippen molar-refractivity contribution in [3.63, 3.8) is 0 Å². The summed E-state index contributed by atoms with van der Waals surface area (Å²) in [6.45, 7) is 0.257. The van der Waals surface area contributed by atoms with E-state index in [4.69, 9.17) is 31.9 Å². The molecule has 0 N–H and O–H groups in total. The number of methoxy groups -OCH3 is 2. The summed E-state index contributed by atoms with van der Waals surface area (Å²) < 4.78 is 83.0. The van der Waals surface area contributed by atoms with Gasteiger partial charge in [-0.05, 0) is 53.9 Å². The molecule has 0 radical (unpaired) electrons. The Morgan fingerprint density at radius 2 is 1.27 bits per heavy atom. The van der Waals surface area contributed by atoms with Gasteiger partial charge < -0.3 is 23.5 Å². The summed E-state index contributed by atoms with van der Waals surface area (Å²) in [5.74, 6) is 0.919. The molecule has 0 saturated carbocycles. The standard InChI is InChI=1S/C33H30NO6.CHF3O3S/c1-34-29-16-14-25(37-2)19-27(29)32(28-20-26(38-3)15-17-30(28)34)33(36)40-24-12-9-22(10-13-24)11-18-31(35)39-21-23-7-5-4-6-8-23;2-1(3,4)8(5,6)7/h4-10,12-17,19-20H,11,18,21H2,1-3H3;(H,5,6,7)/q+1;/p-1. The van der Waals surface area contributed by atoms with Gasteiger partial charge in [-0.25, -0.2) is 13.2 Å². The molecule has 1 aromatic heterocycles. The molecule has 1 heterocycles. The van der Waals surface area contributed by atoms with Gasteiger partial charge in [-0.3, -0.25) is 4.79 Å². The Kier molecular flexibility index (Phi) is 11.2. The first-order valence-corrected chi connectivity index (χ1v) is 15.6. The Labute approximate surface area is 274 Å². The van der Waals surface area contributed by atoms with Gasteiger partial charge in [0, 0.05) is 18.6 Å². The number of ether oxygens (including phenoxy) is 4. The summed E-state index contributed by atoms with van der Waals surface area (Å²) in [5, 5.41) is 1.41. The van der Waals surface area contributed by atoms with E-state index in [1.54, 1.807) is 26.4 Å². The van der Waals surface area contributed by atoms with Crippen molar-refractivity contribution in [2.45, 2.75) is 25.0 Å². The maximum atomic E-state index is 13.7. The lowest BCUT2D eigenvalue weighted by Gasteiger charge is -2.12. The predicted molar refractivity (Wildman–Crippen MR) is 167 cm³/mol. The minimum atomic E-state index is -6.09. The number of rotatable bonds is 9. The molecule has 5 rings (SSSR count). The number of halogens is 3. The van der Waals surface area contributed by atoms with Crippen molar-refractivity contribution in [3.8, 4) is 17.2 Å². The zero-order valence-electron chi connectivity index (χ0n) is 25.9. The maximum absolute atomic E-state index is 13.7. The van der Waals surface area contributed by atoms with Gasteiger partial charge in [0.1, 0.15) is 30.9 Å². The Morgan fingerprint density at radius 3 is 1.75 bits per heavy atom. The number of alkyl halides is 3. The maximum Gasteiger partial charge on any atom is 0.485 e. The minimum absolute atomic E-state index is 0.257. The number of pyridine rings is 1. The summed E-state index contributed by atoms with van der Waals surface area (Å²) in [6, 6.07) is 28.0. The van der Waals surface area contributed by atoms with Gasteiger partial charge in [0.05, 0.1) is 30.6 Å². The monoisotopic (exact) mass is 685 g/mol. The van der Waals surface area contributed by atoms with E-state index >= 15 is 0 Å². The van der Waals surface area contributed by atoms with Gasteiger partial charge in [-0.1, -0.05) is 42.5 Å². The summed E-state index contributed by atoms with van der Waals surface area (Å²) in [7, 11) is -0.955. The van der Waals surface area contributed by atoms with Gasteiger partial charge in [0.2, 0.25) is 11.0 Å². The molecule has 14 heteroatoms. The van der Waals surface area contributed by atoms with Crippen LogP contribution in [0.15, 0.2) is 91.0 Å². The van der Waals surface area contributed by atoms with Gasteiger partial charge in [0.15, 0.2) is 10.1 Å². The average Bonchev–Trinajstić information content (AvgIpc) is 3.06. The molecule has 252 valence electrons. The molecule has 48 heavy (non-hydrogen) atoms. The lowest BCUT2D eigenvalue weighted by Crippen LogP contribution is -2.31. The molecule has 0 saturated heterocycles. The van der Waals surface area contributed by atoms with Gasteiger partial charge >= 0.3 is 17.4 Å². The molecule has 0 aliphatic heterocycles. The Balaban J connectivity index is 0.000000579. The summed E-state index contributed by atoms with van der Waals surface area (Å²) in [6.07, 6.45) is 0.778. The molecule has 0 fully saturated rings. The zero-order chi connectivity index (χ0) is 35.1. The highest BCUT2D eigenvalue weighted by atomic mass is 32.2. The first kappa shape index (κ1) is 35.6. The highest BCUT2D eigenvalue weighted by molar-refractivity contribution is 7.86. The molecule has 0 spiro atoms. The van der Waals surface area contributed by atoms with Crippen LogP contribution in [0.5, 0.6) is 17.2 Å². The van der Waals surface area contributed by atoms with Crippen molar-refractivity contribution in [2.24, 2.45) is 7.05 Å². The lowest BCUT2D eigenvalue weighted by molar-refractivity contribution is -0.617. The normalized spacial score (nSPS) is 11.4. The van der Waals surface area contributed by atoms with E-state index < -0.39 is 21.6 Å². The number of fused-ring (bicyclic) bond motifs is 2. The van der Waals surface area contributed by atoms with Crippen LogP contribution in [0.3, 0.4) is 0 Å². The minimum Gasteiger partial charge on any atom is -0.741 e. The van der Waals surface area contributed by atoms with E-state index in [0.29, 0.717) is 40.0 Å². The van der Waals surface area contributed by atoms with Crippen LogP contribution in [0.1, 0.15) is 27.9 Å². The summed E-state index contributed by atoms with van der Waals surface area (Å²) in [4.78, 5) is 25.8. The third-order valence-corrected chi connectivity index (χ3v) is 7.72. The molecule has 0 bridgehead atoms. The van der Waals surface area contributed by atoms with Crippen LogP contribution < -0.4 is 18.8 Å². The quantitative estimate of drug-likeness (QED) is 0.0473. The van der Waals surface area contributed by atoms with Gasteiger partial charge in [-0.2, -0.15) is 17.7 Å². The largest absolute Gasteiger partial charge is 0.741 e. The van der Waals surface area contributed by atoms with E-state index in [0.717, 1.165) is 22.2 Å². The van der Waals surface area contributed by atoms with E-state index in [1.807, 2.05) is 90.5 Å². The van der Waals surface area contributed by atoms with Crippen molar-refractivity contribution in [1.29, 1.82) is 0 Å². The van der Waals surface area contributed by atoms with E-state index in [2.05, 4.69) is 0 Å². The molecule has 5 aromatic rings. The molecule has 0 amide bonds. The fourth-order valence-corrected chi connectivity index (χ4v) is 4.70. The van der Waals surface area contributed by atoms with Crippen LogP contribution >= 0.6 is 0 Å². The first-order chi connectivity index (χ1) is 22.7. The molecule has 0 unspecified atom stereocenters. The Morgan fingerprint density at radius 1 is 0.771 bits per heavy atom. The summed E-state index contributed by atoms with van der Waals surface area (Å²) >= 11 is 0. The fraction of sp³-hybridized carbons (Fsp3) is 0.206. The number of aryl methyl sites for hydroxylation is 2. The molecule has 0 aliphatic carbocycles. The van der Waals surface area contributed by atoms with Crippen LogP contribution in [-0.2, 0) is 39.7 Å². The average molecular weight is 686 g/mol. The zero-order valence-corrected chi connectivity index (χ0v) is 26.8. The van der Waals surface area contributed by atoms with E-state index in [-0.39, 0.29) is 19.0 Å². The molecule has 10 nitrogen and oxygen atoms in total. The third kappa shape index (κ3) is 8.77. The fourth-order valence-electron chi connectivity index (χ4n) is 4.70. The second-order valence-corrected chi connectivity index (χ2v) is 11.7. The van der Waals surface area contributed by atoms with Crippen molar-refractivity contribution in [2.75, 3.05) is 14.2 Å². The number of aromatic nitrogens is 1. The highest BCUT2D eigenvalue weighted by Gasteiger charge is 2.37. The molecule has 0 aliphatic rings. The van der Waals surface area contributed by atoms with Gasteiger partial charge in [-0.15, -0.1) is 0 Å². The third-order valence-electron chi connectivity index (χ3n) is 7.15. The number of carbonyl (C=O) groups excluding carboxylic acids is 2. The smallest absolute Gasteiger partial charge is 0.485 e. The van der Waals surface area contributed by atoms with Crippen molar-refractivity contribution in [3.05, 3.63) is 108 Å².